The number of amides is 1. The Kier molecular flexibility index (Phi) is 6.95. The van der Waals surface area contributed by atoms with Crippen molar-refractivity contribution in [3.63, 3.8) is 0 Å². The molecule has 1 amide bonds. The van der Waals surface area contributed by atoms with E-state index in [-0.39, 0.29) is 17.2 Å². The maximum atomic E-state index is 13.2. The highest BCUT2D eigenvalue weighted by Crippen LogP contribution is 2.51. The predicted octanol–water partition coefficient (Wildman–Crippen LogP) is 7.35. The van der Waals surface area contributed by atoms with Crippen LogP contribution in [-0.4, -0.2) is 37.5 Å². The molecule has 1 N–H and O–H groups in total. The van der Waals surface area contributed by atoms with Crippen molar-refractivity contribution in [2.45, 2.75) is 110 Å². The van der Waals surface area contributed by atoms with E-state index in [1.165, 1.54) is 18.4 Å². The van der Waals surface area contributed by atoms with Gasteiger partial charge in [0, 0.05) is 24.1 Å². The Bertz CT molecular complexity index is 825. The molecule has 0 aromatic heterocycles. The van der Waals surface area contributed by atoms with Crippen molar-refractivity contribution >= 4 is 20.1 Å². The maximum absolute atomic E-state index is 13.2. The van der Waals surface area contributed by atoms with Gasteiger partial charge in [0.15, 0.2) is 0 Å². The van der Waals surface area contributed by atoms with Crippen molar-refractivity contribution in [2.24, 2.45) is 5.92 Å². The molecular formula is C26H44N2O3Si. The maximum Gasteiger partial charge on any atom is 0.410 e. The first-order valence-electron chi connectivity index (χ1n) is 12.3. The molecule has 3 unspecified atom stereocenters. The summed E-state index contributed by atoms with van der Waals surface area (Å²) >= 11 is 0. The van der Waals surface area contributed by atoms with Gasteiger partial charge >= 0.3 is 6.09 Å². The molecule has 1 aromatic carbocycles. The van der Waals surface area contributed by atoms with Crippen LogP contribution in [0.25, 0.3) is 0 Å². The Morgan fingerprint density at radius 1 is 1.19 bits per heavy atom. The number of carbonyl (C=O) groups is 1. The van der Waals surface area contributed by atoms with Gasteiger partial charge < -0.3 is 19.4 Å². The van der Waals surface area contributed by atoms with E-state index in [1.54, 1.807) is 0 Å². The summed E-state index contributed by atoms with van der Waals surface area (Å²) in [5, 5.41) is 3.99. The van der Waals surface area contributed by atoms with Crippen LogP contribution in [0.5, 0.6) is 5.75 Å². The number of benzene rings is 1. The normalized spacial score (nSPS) is 23.3. The van der Waals surface area contributed by atoms with Crippen LogP contribution in [0, 0.1) is 5.92 Å². The predicted molar refractivity (Wildman–Crippen MR) is 135 cm³/mol. The molecule has 3 atom stereocenters. The summed E-state index contributed by atoms with van der Waals surface area (Å²) in [6.07, 6.45) is 4.24. The van der Waals surface area contributed by atoms with Gasteiger partial charge in [-0.3, -0.25) is 0 Å². The second-order valence-corrected chi connectivity index (χ2v) is 16.8. The van der Waals surface area contributed by atoms with Gasteiger partial charge in [0.25, 0.3) is 8.32 Å². The topological polar surface area (TPSA) is 50.8 Å². The molecule has 6 heteroatoms. The Morgan fingerprint density at radius 3 is 2.47 bits per heavy atom. The molecule has 2 heterocycles. The highest BCUT2D eigenvalue weighted by Gasteiger charge is 2.48. The summed E-state index contributed by atoms with van der Waals surface area (Å²) in [7, 11) is -2.00. The van der Waals surface area contributed by atoms with E-state index in [0.717, 1.165) is 30.8 Å². The van der Waals surface area contributed by atoms with E-state index in [0.29, 0.717) is 12.0 Å². The lowest BCUT2D eigenvalue weighted by atomic mass is 9.81. The monoisotopic (exact) mass is 460 g/mol. The van der Waals surface area contributed by atoms with Crippen LogP contribution in [-0.2, 0) is 4.74 Å². The largest absolute Gasteiger partial charge is 0.542 e. The first kappa shape index (κ1) is 24.9. The average Bonchev–Trinajstić information content (AvgIpc) is 3.10. The van der Waals surface area contributed by atoms with Crippen molar-refractivity contribution in [1.82, 2.24) is 4.90 Å². The molecule has 0 bridgehead atoms. The number of para-hydroxylation sites is 1. The minimum Gasteiger partial charge on any atom is -0.542 e. The first-order chi connectivity index (χ1) is 14.7. The van der Waals surface area contributed by atoms with Crippen LogP contribution in [0.1, 0.15) is 85.8 Å². The summed E-state index contributed by atoms with van der Waals surface area (Å²) < 4.78 is 12.6. The molecular weight excluding hydrogens is 416 g/mol. The van der Waals surface area contributed by atoms with Crippen LogP contribution in [0.2, 0.25) is 18.1 Å². The molecule has 0 radical (unpaired) electrons. The summed E-state index contributed by atoms with van der Waals surface area (Å²) in [5.41, 5.74) is 1.75. The lowest BCUT2D eigenvalue weighted by Crippen LogP contribution is -2.45. The fourth-order valence-corrected chi connectivity index (χ4v) is 5.65. The Hall–Kier alpha value is -1.69. The molecule has 1 aromatic rings. The van der Waals surface area contributed by atoms with Crippen LogP contribution in [0.3, 0.4) is 0 Å². The second kappa shape index (κ2) is 8.92. The summed E-state index contributed by atoms with van der Waals surface area (Å²) in [5.74, 6) is 1.33. The molecule has 1 fully saturated rings. The van der Waals surface area contributed by atoms with Gasteiger partial charge in [0.1, 0.15) is 11.4 Å². The standard InChI is InChI=1S/C26H44N2O3Si/c1-10-11-14-20-18-16-17-28(24(29)30-25(2,3)4)23(18)19-13-12-15-21(22(19)27-20)31-32(8,9)26(5,6)7/h12-13,15,18,20,23,27H,10-11,14,16-17H2,1-9H3. The summed E-state index contributed by atoms with van der Waals surface area (Å²) in [6.45, 7) is 20.2. The minimum atomic E-state index is -2.00. The minimum absolute atomic E-state index is 0.0333. The van der Waals surface area contributed by atoms with Crippen molar-refractivity contribution in [3.05, 3.63) is 23.8 Å². The molecule has 2 aliphatic rings. The van der Waals surface area contributed by atoms with Gasteiger partial charge in [-0.1, -0.05) is 52.7 Å². The van der Waals surface area contributed by atoms with Crippen molar-refractivity contribution in [2.75, 3.05) is 11.9 Å². The van der Waals surface area contributed by atoms with E-state index in [1.807, 2.05) is 25.7 Å². The number of hydrogen-bond acceptors (Lipinski definition) is 4. The molecule has 3 rings (SSSR count). The number of nitrogens with one attached hydrogen (secondary N) is 1. The first-order valence-corrected chi connectivity index (χ1v) is 15.2. The molecule has 1 saturated heterocycles. The van der Waals surface area contributed by atoms with Crippen LogP contribution >= 0.6 is 0 Å². The van der Waals surface area contributed by atoms with Gasteiger partial charge in [-0.2, -0.15) is 0 Å². The van der Waals surface area contributed by atoms with E-state index >= 15 is 0 Å². The highest BCUT2D eigenvalue weighted by molar-refractivity contribution is 6.74. The van der Waals surface area contributed by atoms with Gasteiger partial charge in [0.2, 0.25) is 0 Å². The number of carbonyl (C=O) groups excluding carboxylic acids is 1. The van der Waals surface area contributed by atoms with Gasteiger partial charge in [-0.15, -0.1) is 0 Å². The number of hydrogen-bond donors (Lipinski definition) is 1. The molecule has 0 aliphatic carbocycles. The number of nitrogens with zero attached hydrogens (tertiary/aromatic N) is 1. The van der Waals surface area contributed by atoms with E-state index in [2.05, 4.69) is 64.3 Å². The second-order valence-electron chi connectivity index (χ2n) is 12.0. The van der Waals surface area contributed by atoms with Crippen LogP contribution < -0.4 is 9.74 Å². The zero-order valence-electron chi connectivity index (χ0n) is 21.7. The molecule has 5 nitrogen and oxygen atoms in total. The molecule has 180 valence electrons. The van der Waals surface area contributed by atoms with E-state index < -0.39 is 13.9 Å². The summed E-state index contributed by atoms with van der Waals surface area (Å²) in [4.78, 5) is 15.1. The van der Waals surface area contributed by atoms with Crippen LogP contribution in [0.4, 0.5) is 10.5 Å². The highest BCUT2D eigenvalue weighted by atomic mass is 28.4. The number of rotatable bonds is 5. The smallest absolute Gasteiger partial charge is 0.410 e. The molecule has 32 heavy (non-hydrogen) atoms. The fraction of sp³-hybridized carbons (Fsp3) is 0.731. The van der Waals surface area contributed by atoms with Gasteiger partial charge in [-0.05, 0) is 57.8 Å². The quantitative estimate of drug-likeness (QED) is 0.467. The van der Waals surface area contributed by atoms with Gasteiger partial charge in [-0.25, -0.2) is 4.79 Å². The summed E-state index contributed by atoms with van der Waals surface area (Å²) in [6, 6.07) is 6.71. The Labute approximate surface area is 196 Å². The zero-order chi connectivity index (χ0) is 23.9. The molecule has 0 saturated carbocycles. The third-order valence-corrected chi connectivity index (χ3v) is 11.7. The van der Waals surface area contributed by atoms with Crippen molar-refractivity contribution in [1.29, 1.82) is 0 Å². The van der Waals surface area contributed by atoms with Crippen molar-refractivity contribution < 1.29 is 14.0 Å². The number of likely N-dealkylation sites (tertiary alicyclic amines) is 1. The molecule has 2 aliphatic heterocycles. The lowest BCUT2D eigenvalue weighted by Gasteiger charge is -2.42. The van der Waals surface area contributed by atoms with Gasteiger partial charge in [0.05, 0.1) is 11.7 Å². The number of ether oxygens (including phenoxy) is 1. The third-order valence-electron chi connectivity index (χ3n) is 7.34. The molecule has 0 spiro atoms. The van der Waals surface area contributed by atoms with Crippen LogP contribution in [0.15, 0.2) is 18.2 Å². The number of anilines is 1. The van der Waals surface area contributed by atoms with E-state index in [4.69, 9.17) is 9.16 Å². The number of fused-ring (bicyclic) bond motifs is 3. The Morgan fingerprint density at radius 2 is 1.88 bits per heavy atom. The zero-order valence-corrected chi connectivity index (χ0v) is 22.7. The average molecular weight is 461 g/mol. The lowest BCUT2D eigenvalue weighted by molar-refractivity contribution is 0.0197. The fourth-order valence-electron chi connectivity index (χ4n) is 4.63. The Balaban J connectivity index is 2.01. The third kappa shape index (κ3) is 5.10. The number of unbranched alkanes of at least 4 members (excludes halogenated alkanes) is 1. The van der Waals surface area contributed by atoms with Crippen molar-refractivity contribution in [3.8, 4) is 5.75 Å². The SMILES string of the molecule is CCCCC1Nc2c(O[Si](C)(C)C(C)(C)C)cccc2C2C1CCN2C(=O)OC(C)(C)C. The van der Waals surface area contributed by atoms with E-state index in [9.17, 15) is 4.79 Å².